The van der Waals surface area contributed by atoms with Gasteiger partial charge in [0, 0.05) is 11.6 Å². The van der Waals surface area contributed by atoms with Crippen molar-refractivity contribution in [2.45, 2.75) is 6.10 Å². The molecular weight excluding hydrogens is 334 g/mol. The maximum Gasteiger partial charge on any atom is 0.157 e. The Kier molecular flexibility index (Phi) is 3.92. The second-order valence-corrected chi connectivity index (χ2v) is 5.57. The number of rotatable bonds is 3. The van der Waals surface area contributed by atoms with E-state index in [0.717, 1.165) is 33.0 Å². The molecule has 2 aromatic rings. The number of fused-ring (bicyclic) bond motifs is 1. The number of nitrogens with one attached hydrogen (secondary N) is 1. The number of para-hydroxylation sites is 1. The smallest absolute Gasteiger partial charge is 0.157 e. The lowest BCUT2D eigenvalue weighted by molar-refractivity contribution is 0.203. The topological polar surface area (TPSA) is 39.7 Å². The summed E-state index contributed by atoms with van der Waals surface area (Å²) in [4.78, 5) is 0. The van der Waals surface area contributed by atoms with E-state index in [2.05, 4.69) is 21.2 Å². The van der Waals surface area contributed by atoms with Gasteiger partial charge in [-0.3, -0.25) is 0 Å². The first-order valence-electron chi connectivity index (χ1n) is 6.64. The highest BCUT2D eigenvalue weighted by molar-refractivity contribution is 9.10. The van der Waals surface area contributed by atoms with Crippen LogP contribution in [0.4, 0.5) is 5.69 Å². The van der Waals surface area contributed by atoms with Crippen LogP contribution in [0.2, 0.25) is 0 Å². The van der Waals surface area contributed by atoms with Crippen molar-refractivity contribution in [3.8, 4) is 17.2 Å². The van der Waals surface area contributed by atoms with Gasteiger partial charge in [0.15, 0.2) is 5.75 Å². The highest BCUT2D eigenvalue weighted by Gasteiger charge is 2.25. The van der Waals surface area contributed by atoms with E-state index in [4.69, 9.17) is 14.2 Å². The van der Waals surface area contributed by atoms with Crippen LogP contribution in [-0.2, 0) is 0 Å². The molecule has 1 unspecified atom stereocenters. The van der Waals surface area contributed by atoms with Gasteiger partial charge in [-0.1, -0.05) is 6.07 Å². The van der Waals surface area contributed by atoms with Crippen LogP contribution < -0.4 is 19.5 Å². The van der Waals surface area contributed by atoms with E-state index in [0.29, 0.717) is 6.54 Å². The van der Waals surface area contributed by atoms with Gasteiger partial charge in [0.25, 0.3) is 0 Å². The number of hydrogen-bond donors (Lipinski definition) is 1. The summed E-state index contributed by atoms with van der Waals surface area (Å²) in [6.07, 6.45) is -0.114. The molecule has 0 fully saturated rings. The Morgan fingerprint density at radius 2 is 2.05 bits per heavy atom. The Labute approximate surface area is 132 Å². The molecule has 0 amide bonds. The molecule has 1 aliphatic heterocycles. The summed E-state index contributed by atoms with van der Waals surface area (Å²) in [6.45, 7) is 0.687. The largest absolute Gasteiger partial charge is 0.497 e. The first-order valence-corrected chi connectivity index (χ1v) is 7.43. The monoisotopic (exact) mass is 349 g/mol. The Hall–Kier alpha value is -1.88. The molecule has 5 heteroatoms. The summed E-state index contributed by atoms with van der Waals surface area (Å²) < 4.78 is 17.8. The Bertz CT molecular complexity index is 660. The third-order valence-corrected chi connectivity index (χ3v) is 4.12. The fourth-order valence-corrected chi connectivity index (χ4v) is 2.87. The molecular formula is C16H16BrNO3. The van der Waals surface area contributed by atoms with E-state index in [1.807, 2.05) is 36.4 Å². The fraction of sp³-hybridized carbons (Fsp3) is 0.250. The maximum absolute atomic E-state index is 6.13. The summed E-state index contributed by atoms with van der Waals surface area (Å²) in [5.74, 6) is 2.35. The number of methoxy groups -OCH3 is 2. The Morgan fingerprint density at radius 1 is 1.19 bits per heavy atom. The van der Waals surface area contributed by atoms with Crippen molar-refractivity contribution in [3.63, 3.8) is 0 Å². The first-order chi connectivity index (χ1) is 10.2. The third-order valence-electron chi connectivity index (χ3n) is 3.49. The summed E-state index contributed by atoms with van der Waals surface area (Å²) in [6, 6.07) is 11.7. The molecule has 0 aromatic heterocycles. The van der Waals surface area contributed by atoms with Crippen molar-refractivity contribution < 1.29 is 14.2 Å². The molecule has 21 heavy (non-hydrogen) atoms. The predicted octanol–water partition coefficient (Wildman–Crippen LogP) is 4.01. The van der Waals surface area contributed by atoms with Crippen LogP contribution in [0.3, 0.4) is 0 Å². The molecule has 1 N–H and O–H groups in total. The second kappa shape index (κ2) is 5.85. The number of hydrogen-bond acceptors (Lipinski definition) is 4. The molecule has 0 bridgehead atoms. The molecule has 0 saturated carbocycles. The van der Waals surface area contributed by atoms with E-state index < -0.39 is 0 Å². The highest BCUT2D eigenvalue weighted by Crippen LogP contribution is 2.41. The van der Waals surface area contributed by atoms with Gasteiger partial charge in [-0.25, -0.2) is 0 Å². The van der Waals surface area contributed by atoms with Crippen molar-refractivity contribution in [3.05, 3.63) is 46.4 Å². The zero-order valence-corrected chi connectivity index (χ0v) is 13.4. The normalized spacial score (nSPS) is 16.4. The molecule has 1 aliphatic rings. The lowest BCUT2D eigenvalue weighted by atomic mass is 10.1. The minimum Gasteiger partial charge on any atom is -0.497 e. The van der Waals surface area contributed by atoms with Gasteiger partial charge in [0.05, 0.1) is 30.9 Å². The number of benzene rings is 2. The SMILES string of the molecule is COc1ccc(C2CNc3cccc(Br)c3O2)c(OC)c1. The minimum atomic E-state index is -0.114. The summed E-state index contributed by atoms with van der Waals surface area (Å²) in [5.41, 5.74) is 1.99. The van der Waals surface area contributed by atoms with Crippen LogP contribution in [0, 0.1) is 0 Å². The van der Waals surface area contributed by atoms with Crippen molar-refractivity contribution in [2.24, 2.45) is 0 Å². The van der Waals surface area contributed by atoms with E-state index in [1.165, 1.54) is 0 Å². The highest BCUT2D eigenvalue weighted by atomic mass is 79.9. The molecule has 2 aromatic carbocycles. The first kappa shape index (κ1) is 14.1. The lowest BCUT2D eigenvalue weighted by Gasteiger charge is -2.29. The van der Waals surface area contributed by atoms with Crippen LogP contribution in [0.15, 0.2) is 40.9 Å². The average Bonchev–Trinajstić information content (AvgIpc) is 2.54. The Morgan fingerprint density at radius 3 is 2.81 bits per heavy atom. The lowest BCUT2D eigenvalue weighted by Crippen LogP contribution is -2.24. The van der Waals surface area contributed by atoms with Crippen LogP contribution in [-0.4, -0.2) is 20.8 Å². The van der Waals surface area contributed by atoms with Gasteiger partial charge in [-0.2, -0.15) is 0 Å². The zero-order valence-electron chi connectivity index (χ0n) is 11.9. The van der Waals surface area contributed by atoms with Gasteiger partial charge in [0.2, 0.25) is 0 Å². The summed E-state index contributed by atoms with van der Waals surface area (Å²) >= 11 is 3.52. The van der Waals surface area contributed by atoms with Crippen LogP contribution in [0.25, 0.3) is 0 Å². The number of halogens is 1. The minimum absolute atomic E-state index is 0.114. The molecule has 0 spiro atoms. The van der Waals surface area contributed by atoms with Gasteiger partial charge >= 0.3 is 0 Å². The van der Waals surface area contributed by atoms with Crippen LogP contribution in [0.1, 0.15) is 11.7 Å². The summed E-state index contributed by atoms with van der Waals surface area (Å²) in [5, 5.41) is 3.39. The van der Waals surface area contributed by atoms with Crippen molar-refractivity contribution in [2.75, 3.05) is 26.1 Å². The molecule has 0 saturated heterocycles. The number of ether oxygens (including phenoxy) is 3. The number of anilines is 1. The Balaban J connectivity index is 1.94. The van der Waals surface area contributed by atoms with Crippen molar-refractivity contribution in [1.29, 1.82) is 0 Å². The molecule has 0 aliphatic carbocycles. The quantitative estimate of drug-likeness (QED) is 0.908. The van der Waals surface area contributed by atoms with E-state index >= 15 is 0 Å². The summed E-state index contributed by atoms with van der Waals surface area (Å²) in [7, 11) is 3.29. The van der Waals surface area contributed by atoms with E-state index in [9.17, 15) is 0 Å². The second-order valence-electron chi connectivity index (χ2n) is 4.71. The molecule has 3 rings (SSSR count). The predicted molar refractivity (Wildman–Crippen MR) is 85.5 cm³/mol. The fourth-order valence-electron chi connectivity index (χ4n) is 2.41. The van der Waals surface area contributed by atoms with Gasteiger partial charge in [0.1, 0.15) is 17.6 Å². The average molecular weight is 350 g/mol. The van der Waals surface area contributed by atoms with Crippen LogP contribution >= 0.6 is 15.9 Å². The molecule has 4 nitrogen and oxygen atoms in total. The van der Waals surface area contributed by atoms with Gasteiger partial charge in [-0.05, 0) is 40.2 Å². The molecule has 0 radical (unpaired) electrons. The third kappa shape index (κ3) is 2.65. The van der Waals surface area contributed by atoms with Crippen molar-refractivity contribution >= 4 is 21.6 Å². The maximum atomic E-state index is 6.13. The van der Waals surface area contributed by atoms with Crippen LogP contribution in [0.5, 0.6) is 17.2 Å². The zero-order chi connectivity index (χ0) is 14.8. The van der Waals surface area contributed by atoms with E-state index in [1.54, 1.807) is 14.2 Å². The molecule has 1 atom stereocenters. The standard InChI is InChI=1S/C16H16BrNO3/c1-19-10-6-7-11(14(8-10)20-2)15-9-18-13-5-3-4-12(17)16(13)21-15/h3-8,15,18H,9H2,1-2H3. The molecule has 1 heterocycles. The van der Waals surface area contributed by atoms with E-state index in [-0.39, 0.29) is 6.10 Å². The van der Waals surface area contributed by atoms with Crippen molar-refractivity contribution in [1.82, 2.24) is 0 Å². The molecule has 110 valence electrons. The van der Waals surface area contributed by atoms with Gasteiger partial charge < -0.3 is 19.5 Å². The van der Waals surface area contributed by atoms with Gasteiger partial charge in [-0.15, -0.1) is 0 Å².